The lowest BCUT2D eigenvalue weighted by molar-refractivity contribution is 0.0735. The maximum Gasteiger partial charge on any atom is 0.254 e. The summed E-state index contributed by atoms with van der Waals surface area (Å²) < 4.78 is 0. The Bertz CT molecular complexity index is 504. The lowest BCUT2D eigenvalue weighted by Gasteiger charge is -2.27. The van der Waals surface area contributed by atoms with Gasteiger partial charge in [0.05, 0.1) is 11.4 Å². The molecule has 0 atom stereocenters. The highest BCUT2D eigenvalue weighted by atomic mass is 16.2. The van der Waals surface area contributed by atoms with E-state index in [1.807, 2.05) is 4.90 Å². The second kappa shape index (κ2) is 6.24. The van der Waals surface area contributed by atoms with Gasteiger partial charge in [0, 0.05) is 45.0 Å². The molecule has 100 valence electrons. The maximum atomic E-state index is 12.4. The normalized spacial score (nSPS) is 16.3. The van der Waals surface area contributed by atoms with E-state index < -0.39 is 0 Å². The Labute approximate surface area is 113 Å². The fourth-order valence-electron chi connectivity index (χ4n) is 2.06. The van der Waals surface area contributed by atoms with Crippen LogP contribution in [0.4, 0.5) is 0 Å². The summed E-state index contributed by atoms with van der Waals surface area (Å²) in [5.41, 5.74) is 2.02. The predicted octanol–water partition coefficient (Wildman–Crippen LogP) is 0.732. The molecule has 1 N–H and O–H groups in total. The van der Waals surface area contributed by atoms with Gasteiger partial charge < -0.3 is 10.2 Å². The zero-order chi connectivity index (χ0) is 13.7. The molecule has 0 aliphatic carbocycles. The van der Waals surface area contributed by atoms with Crippen molar-refractivity contribution in [3.8, 4) is 0 Å². The van der Waals surface area contributed by atoms with Gasteiger partial charge in [-0.05, 0) is 18.2 Å². The van der Waals surface area contributed by atoms with Gasteiger partial charge in [0.2, 0.25) is 0 Å². The largest absolute Gasteiger partial charge is 0.336 e. The van der Waals surface area contributed by atoms with Gasteiger partial charge in [-0.3, -0.25) is 14.8 Å². The van der Waals surface area contributed by atoms with E-state index in [1.54, 1.807) is 31.5 Å². The third-order valence-electron chi connectivity index (χ3n) is 3.11. The van der Waals surface area contributed by atoms with Crippen LogP contribution >= 0.6 is 0 Å². The van der Waals surface area contributed by atoms with E-state index in [0.29, 0.717) is 17.0 Å². The van der Waals surface area contributed by atoms with Crippen LogP contribution in [-0.2, 0) is 0 Å². The van der Waals surface area contributed by atoms with Crippen molar-refractivity contribution in [3.63, 3.8) is 0 Å². The summed E-state index contributed by atoms with van der Waals surface area (Å²) >= 11 is 0. The number of hydrogen-bond donors (Lipinski definition) is 1. The SMILES string of the molecule is C=CC(=NC)c1cc(C(=O)N2CCNCC2)ccn1. The Hall–Kier alpha value is -2.01. The molecule has 1 aromatic rings. The van der Waals surface area contributed by atoms with E-state index in [2.05, 4.69) is 21.9 Å². The Morgan fingerprint density at radius 1 is 1.53 bits per heavy atom. The van der Waals surface area contributed by atoms with E-state index in [-0.39, 0.29) is 5.91 Å². The lowest BCUT2D eigenvalue weighted by atomic mass is 10.1. The summed E-state index contributed by atoms with van der Waals surface area (Å²) in [5, 5.41) is 3.23. The number of aliphatic imine (C=N–C) groups is 1. The molecule has 0 saturated carbocycles. The molecule has 2 rings (SSSR count). The average Bonchev–Trinajstić information content (AvgIpc) is 2.49. The molecule has 19 heavy (non-hydrogen) atoms. The Morgan fingerprint density at radius 2 is 2.26 bits per heavy atom. The molecule has 0 unspecified atom stereocenters. The van der Waals surface area contributed by atoms with E-state index >= 15 is 0 Å². The van der Waals surface area contributed by atoms with Crippen molar-refractivity contribution >= 4 is 11.6 Å². The van der Waals surface area contributed by atoms with E-state index in [1.165, 1.54) is 0 Å². The number of rotatable bonds is 3. The van der Waals surface area contributed by atoms with Crippen molar-refractivity contribution in [2.24, 2.45) is 4.99 Å². The number of aromatic nitrogens is 1. The Balaban J connectivity index is 2.22. The summed E-state index contributed by atoms with van der Waals surface area (Å²) in [6.07, 6.45) is 3.28. The summed E-state index contributed by atoms with van der Waals surface area (Å²) in [6.45, 7) is 6.87. The molecule has 1 aliphatic rings. The first-order chi connectivity index (χ1) is 9.26. The molecule has 1 aromatic heterocycles. The zero-order valence-electron chi connectivity index (χ0n) is 11.1. The minimum Gasteiger partial charge on any atom is -0.336 e. The van der Waals surface area contributed by atoms with Crippen LogP contribution in [0.3, 0.4) is 0 Å². The van der Waals surface area contributed by atoms with Gasteiger partial charge >= 0.3 is 0 Å². The third-order valence-corrected chi connectivity index (χ3v) is 3.11. The smallest absolute Gasteiger partial charge is 0.254 e. The minimum absolute atomic E-state index is 0.0460. The van der Waals surface area contributed by atoms with E-state index in [4.69, 9.17) is 0 Å². The van der Waals surface area contributed by atoms with Crippen LogP contribution in [0.5, 0.6) is 0 Å². The number of piperazine rings is 1. The fourth-order valence-corrected chi connectivity index (χ4v) is 2.06. The molecule has 5 nitrogen and oxygen atoms in total. The molecule has 2 heterocycles. The standard InChI is InChI=1S/C14H18N4O/c1-3-12(15-2)13-10-11(4-5-17-13)14(19)18-8-6-16-7-9-18/h3-5,10,16H,1,6-9H2,2H3. The van der Waals surface area contributed by atoms with Gasteiger partial charge in [0.15, 0.2) is 0 Å². The van der Waals surface area contributed by atoms with Crippen LogP contribution < -0.4 is 5.32 Å². The first kappa shape index (κ1) is 13.4. The minimum atomic E-state index is 0.0460. The van der Waals surface area contributed by atoms with Gasteiger partial charge in [-0.1, -0.05) is 6.58 Å². The second-order valence-corrected chi connectivity index (χ2v) is 4.28. The molecule has 1 amide bonds. The first-order valence-corrected chi connectivity index (χ1v) is 6.32. The monoisotopic (exact) mass is 258 g/mol. The number of amides is 1. The number of hydrogen-bond acceptors (Lipinski definition) is 4. The summed E-state index contributed by atoms with van der Waals surface area (Å²) in [5.74, 6) is 0.0460. The van der Waals surface area contributed by atoms with Gasteiger partial charge in [0.1, 0.15) is 0 Å². The molecule has 0 radical (unpaired) electrons. The zero-order valence-corrected chi connectivity index (χ0v) is 11.1. The topological polar surface area (TPSA) is 57.6 Å². The van der Waals surface area contributed by atoms with Crippen LogP contribution in [0.15, 0.2) is 36.0 Å². The van der Waals surface area contributed by atoms with Crippen LogP contribution in [0.25, 0.3) is 0 Å². The highest BCUT2D eigenvalue weighted by molar-refractivity contribution is 6.08. The number of carbonyl (C=O) groups excluding carboxylic acids is 1. The Morgan fingerprint density at radius 3 is 2.89 bits per heavy atom. The average molecular weight is 258 g/mol. The first-order valence-electron chi connectivity index (χ1n) is 6.32. The van der Waals surface area contributed by atoms with Gasteiger partial charge in [0.25, 0.3) is 5.91 Å². The molecule has 5 heteroatoms. The molecule has 1 saturated heterocycles. The van der Waals surface area contributed by atoms with E-state index in [9.17, 15) is 4.79 Å². The molecular formula is C14H18N4O. The number of pyridine rings is 1. The lowest BCUT2D eigenvalue weighted by Crippen LogP contribution is -2.46. The predicted molar refractivity (Wildman–Crippen MR) is 75.7 cm³/mol. The van der Waals surface area contributed by atoms with Crippen LogP contribution in [0, 0.1) is 0 Å². The van der Waals surface area contributed by atoms with E-state index in [0.717, 1.165) is 26.2 Å². The second-order valence-electron chi connectivity index (χ2n) is 4.28. The quantitative estimate of drug-likeness (QED) is 0.813. The maximum absolute atomic E-state index is 12.4. The highest BCUT2D eigenvalue weighted by Gasteiger charge is 2.18. The number of allylic oxidation sites excluding steroid dienone is 1. The van der Waals surface area contributed by atoms with Crippen LogP contribution in [0.2, 0.25) is 0 Å². The van der Waals surface area contributed by atoms with Crippen molar-refractivity contribution in [3.05, 3.63) is 42.2 Å². The highest BCUT2D eigenvalue weighted by Crippen LogP contribution is 2.08. The fraction of sp³-hybridized carbons (Fsp3) is 0.357. The molecule has 1 aliphatic heterocycles. The van der Waals surface area contributed by atoms with Crippen molar-refractivity contribution in [2.45, 2.75) is 0 Å². The number of nitrogens with zero attached hydrogens (tertiary/aromatic N) is 3. The number of carbonyl (C=O) groups is 1. The van der Waals surface area contributed by atoms with Crippen molar-refractivity contribution < 1.29 is 4.79 Å². The van der Waals surface area contributed by atoms with Crippen molar-refractivity contribution in [2.75, 3.05) is 33.2 Å². The molecule has 0 spiro atoms. The summed E-state index contributed by atoms with van der Waals surface area (Å²) in [7, 11) is 1.68. The summed E-state index contributed by atoms with van der Waals surface area (Å²) in [6, 6.07) is 3.51. The molecule has 0 bridgehead atoms. The van der Waals surface area contributed by atoms with Crippen LogP contribution in [-0.4, -0.2) is 54.7 Å². The Kier molecular flexibility index (Phi) is 4.41. The molecule has 1 fully saturated rings. The number of nitrogens with one attached hydrogen (secondary N) is 1. The molecular weight excluding hydrogens is 240 g/mol. The molecule has 0 aromatic carbocycles. The van der Waals surface area contributed by atoms with Crippen molar-refractivity contribution in [1.82, 2.24) is 15.2 Å². The van der Waals surface area contributed by atoms with Crippen LogP contribution in [0.1, 0.15) is 16.1 Å². The van der Waals surface area contributed by atoms with Gasteiger partial charge in [-0.25, -0.2) is 0 Å². The van der Waals surface area contributed by atoms with Crippen molar-refractivity contribution in [1.29, 1.82) is 0 Å². The summed E-state index contributed by atoms with van der Waals surface area (Å²) in [4.78, 5) is 22.5. The van der Waals surface area contributed by atoms with Gasteiger partial charge in [-0.15, -0.1) is 0 Å². The third kappa shape index (κ3) is 3.06. The van der Waals surface area contributed by atoms with Gasteiger partial charge in [-0.2, -0.15) is 0 Å².